The first-order valence-electron chi connectivity index (χ1n) is 6.44. The Morgan fingerprint density at radius 3 is 2.75 bits per heavy atom. The second-order valence-electron chi connectivity index (χ2n) is 4.57. The third-order valence-corrected chi connectivity index (χ3v) is 5.08. The highest BCUT2D eigenvalue weighted by Gasteiger charge is 2.23. The number of tetrazole rings is 1. The third kappa shape index (κ3) is 3.97. The van der Waals surface area contributed by atoms with E-state index in [2.05, 4.69) is 15.5 Å². The highest BCUT2D eigenvalue weighted by molar-refractivity contribution is 7.98. The van der Waals surface area contributed by atoms with Crippen molar-refractivity contribution in [3.63, 3.8) is 0 Å². The quantitative estimate of drug-likeness (QED) is 0.692. The highest BCUT2D eigenvalue weighted by atomic mass is 35.5. The van der Waals surface area contributed by atoms with E-state index in [0.717, 1.165) is 18.4 Å². The zero-order chi connectivity index (χ0) is 17.9. The van der Waals surface area contributed by atoms with Gasteiger partial charge in [-0.1, -0.05) is 23.4 Å². The van der Waals surface area contributed by atoms with Crippen molar-refractivity contribution in [2.24, 2.45) is 0 Å². The maximum atomic E-state index is 11.9. The van der Waals surface area contributed by atoms with Gasteiger partial charge in [0.05, 0.1) is 17.1 Å². The Bertz CT molecular complexity index is 868. The van der Waals surface area contributed by atoms with Crippen LogP contribution in [0.3, 0.4) is 0 Å². The van der Waals surface area contributed by atoms with Crippen molar-refractivity contribution in [1.29, 1.82) is 0 Å². The molecular formula is C12H13ClN4O5S2. The van der Waals surface area contributed by atoms with Crippen LogP contribution in [0.2, 0.25) is 5.02 Å². The summed E-state index contributed by atoms with van der Waals surface area (Å²) in [6.45, 7) is 0.240. The molecule has 0 saturated carbocycles. The van der Waals surface area contributed by atoms with E-state index >= 15 is 0 Å². The van der Waals surface area contributed by atoms with Crippen molar-refractivity contribution < 1.29 is 23.1 Å². The van der Waals surface area contributed by atoms with Gasteiger partial charge in [-0.25, -0.2) is 17.9 Å². The summed E-state index contributed by atoms with van der Waals surface area (Å²) in [4.78, 5) is 11.0. The molecule has 0 spiro atoms. The summed E-state index contributed by atoms with van der Waals surface area (Å²) in [6, 6.07) is 2.28. The monoisotopic (exact) mass is 392 g/mol. The van der Waals surface area contributed by atoms with Gasteiger partial charge in [-0.05, 0) is 28.8 Å². The van der Waals surface area contributed by atoms with Crippen LogP contribution in [0.4, 0.5) is 0 Å². The van der Waals surface area contributed by atoms with Crippen LogP contribution in [-0.4, -0.2) is 58.8 Å². The number of aromatic carboxylic acids is 1. The number of hydrogen-bond acceptors (Lipinski definition) is 8. The Kier molecular flexibility index (Phi) is 5.67. The van der Waals surface area contributed by atoms with Gasteiger partial charge in [0.1, 0.15) is 11.5 Å². The Hall–Kier alpha value is -1.85. The molecule has 9 nitrogen and oxygen atoms in total. The first-order chi connectivity index (χ1) is 11.3. The van der Waals surface area contributed by atoms with Crippen LogP contribution in [0.15, 0.2) is 22.2 Å². The molecule has 2 aromatic rings. The molecule has 1 aromatic heterocycles. The zero-order valence-electron chi connectivity index (χ0n) is 12.6. The predicted octanol–water partition coefficient (Wildman–Crippen LogP) is 1.23. The Morgan fingerprint density at radius 2 is 2.17 bits per heavy atom. The van der Waals surface area contributed by atoms with Crippen molar-refractivity contribution >= 4 is 39.2 Å². The standard InChI is InChI=1S/C12H13ClN4O5S2/c1-23-12-14-15-16-17(12)5-6-22-10-8(24(2,20)21)4-3-7(9(10)13)11(18)19/h3-4H,5-6H2,1-2H3,(H,18,19). The fourth-order valence-corrected chi connectivity index (χ4v) is 3.47. The van der Waals surface area contributed by atoms with Gasteiger partial charge in [0.25, 0.3) is 0 Å². The van der Waals surface area contributed by atoms with E-state index in [1.54, 1.807) is 6.26 Å². The molecule has 0 aliphatic heterocycles. The van der Waals surface area contributed by atoms with Crippen molar-refractivity contribution in [1.82, 2.24) is 20.2 Å². The molecule has 0 aliphatic carbocycles. The summed E-state index contributed by atoms with van der Waals surface area (Å²) in [6.07, 6.45) is 2.79. The van der Waals surface area contributed by atoms with Crippen LogP contribution in [0.5, 0.6) is 5.75 Å². The number of sulfone groups is 1. The lowest BCUT2D eigenvalue weighted by molar-refractivity contribution is 0.0696. The number of nitrogens with zero attached hydrogens (tertiary/aromatic N) is 4. The number of aromatic nitrogens is 4. The minimum Gasteiger partial charge on any atom is -0.489 e. The molecule has 0 fully saturated rings. The average molecular weight is 393 g/mol. The molecule has 1 heterocycles. The largest absolute Gasteiger partial charge is 0.489 e. The van der Waals surface area contributed by atoms with Gasteiger partial charge in [0.15, 0.2) is 15.6 Å². The van der Waals surface area contributed by atoms with E-state index in [-0.39, 0.29) is 34.4 Å². The Balaban J connectivity index is 2.30. The molecule has 0 atom stereocenters. The fourth-order valence-electron chi connectivity index (χ4n) is 1.85. The maximum Gasteiger partial charge on any atom is 0.337 e. The third-order valence-electron chi connectivity index (χ3n) is 2.92. The number of thioether (sulfide) groups is 1. The first-order valence-corrected chi connectivity index (χ1v) is 9.94. The molecule has 12 heteroatoms. The summed E-state index contributed by atoms with van der Waals surface area (Å²) in [5.41, 5.74) is -0.244. The summed E-state index contributed by atoms with van der Waals surface area (Å²) >= 11 is 7.35. The average Bonchev–Trinajstić information content (AvgIpc) is 2.94. The number of ether oxygens (including phenoxy) is 1. The summed E-state index contributed by atoms with van der Waals surface area (Å²) < 4.78 is 30.6. The zero-order valence-corrected chi connectivity index (χ0v) is 15.0. The number of halogens is 1. The molecule has 130 valence electrons. The van der Waals surface area contributed by atoms with Crippen LogP contribution >= 0.6 is 23.4 Å². The van der Waals surface area contributed by atoms with Gasteiger partial charge in [0, 0.05) is 6.26 Å². The molecule has 0 amide bonds. The van der Waals surface area contributed by atoms with Crippen LogP contribution in [0.1, 0.15) is 10.4 Å². The van der Waals surface area contributed by atoms with Crippen molar-refractivity contribution in [2.75, 3.05) is 19.1 Å². The molecule has 24 heavy (non-hydrogen) atoms. The van der Waals surface area contributed by atoms with E-state index in [1.807, 2.05) is 0 Å². The number of carbonyl (C=O) groups is 1. The molecule has 1 N–H and O–H groups in total. The van der Waals surface area contributed by atoms with Crippen LogP contribution in [0, 0.1) is 0 Å². The molecular weight excluding hydrogens is 380 g/mol. The van der Waals surface area contributed by atoms with E-state index in [4.69, 9.17) is 21.4 Å². The van der Waals surface area contributed by atoms with E-state index in [9.17, 15) is 13.2 Å². The van der Waals surface area contributed by atoms with Gasteiger partial charge < -0.3 is 9.84 Å². The molecule has 0 saturated heterocycles. The number of hydrogen-bond donors (Lipinski definition) is 1. The minimum atomic E-state index is -3.65. The lowest BCUT2D eigenvalue weighted by Crippen LogP contribution is -2.13. The lowest BCUT2D eigenvalue weighted by Gasteiger charge is -2.13. The Labute approximate surface area is 146 Å². The van der Waals surface area contributed by atoms with Crippen molar-refractivity contribution in [3.8, 4) is 5.75 Å². The second kappa shape index (κ2) is 7.36. The molecule has 0 radical (unpaired) electrons. The fraction of sp³-hybridized carbons (Fsp3) is 0.333. The number of rotatable bonds is 7. The normalized spacial score (nSPS) is 11.5. The van der Waals surface area contributed by atoms with Gasteiger partial charge in [-0.3, -0.25) is 0 Å². The second-order valence-corrected chi connectivity index (χ2v) is 7.70. The number of benzene rings is 1. The maximum absolute atomic E-state index is 11.9. The van der Waals surface area contributed by atoms with Gasteiger partial charge in [-0.15, -0.1) is 5.10 Å². The van der Waals surface area contributed by atoms with Crippen LogP contribution in [-0.2, 0) is 16.4 Å². The summed E-state index contributed by atoms with van der Waals surface area (Å²) in [5.74, 6) is -1.48. The van der Waals surface area contributed by atoms with E-state index < -0.39 is 15.8 Å². The molecule has 0 bridgehead atoms. The van der Waals surface area contributed by atoms with Crippen molar-refractivity contribution in [3.05, 3.63) is 22.7 Å². The first kappa shape index (κ1) is 18.5. The smallest absolute Gasteiger partial charge is 0.337 e. The number of carboxylic acid groups (broad SMARTS) is 1. The SMILES string of the molecule is CSc1nnnn1CCOc1c(S(C)(=O)=O)ccc(C(=O)O)c1Cl. The van der Waals surface area contributed by atoms with Gasteiger partial charge in [-0.2, -0.15) is 0 Å². The molecule has 0 aliphatic rings. The molecule has 2 rings (SSSR count). The molecule has 1 aromatic carbocycles. The minimum absolute atomic E-state index is 0.00388. The van der Waals surface area contributed by atoms with Crippen molar-refractivity contribution in [2.45, 2.75) is 16.6 Å². The van der Waals surface area contributed by atoms with Crippen LogP contribution < -0.4 is 4.74 Å². The highest BCUT2D eigenvalue weighted by Crippen LogP contribution is 2.35. The van der Waals surface area contributed by atoms with E-state index in [0.29, 0.717) is 5.16 Å². The number of carboxylic acids is 1. The Morgan fingerprint density at radius 1 is 1.46 bits per heavy atom. The van der Waals surface area contributed by atoms with Gasteiger partial charge in [0.2, 0.25) is 5.16 Å². The lowest BCUT2D eigenvalue weighted by atomic mass is 10.2. The molecule has 0 unspecified atom stereocenters. The summed E-state index contributed by atoms with van der Waals surface area (Å²) in [7, 11) is -3.65. The summed E-state index contributed by atoms with van der Waals surface area (Å²) in [5, 5.41) is 20.5. The predicted molar refractivity (Wildman–Crippen MR) is 86.6 cm³/mol. The topological polar surface area (TPSA) is 124 Å². The van der Waals surface area contributed by atoms with Gasteiger partial charge >= 0.3 is 5.97 Å². The van der Waals surface area contributed by atoms with E-state index in [1.165, 1.54) is 16.4 Å². The van der Waals surface area contributed by atoms with Crippen LogP contribution in [0.25, 0.3) is 0 Å².